The Labute approximate surface area is 155 Å². The lowest BCUT2D eigenvalue weighted by Crippen LogP contribution is -2.42. The van der Waals surface area contributed by atoms with Gasteiger partial charge in [0, 0.05) is 37.5 Å². The van der Waals surface area contributed by atoms with Crippen LogP contribution in [-0.4, -0.2) is 44.6 Å². The van der Waals surface area contributed by atoms with Crippen LogP contribution in [0.5, 0.6) is 0 Å². The Morgan fingerprint density at radius 1 is 1.19 bits per heavy atom. The summed E-state index contributed by atoms with van der Waals surface area (Å²) in [5.74, 6) is -2.90. The van der Waals surface area contributed by atoms with Crippen LogP contribution in [0.4, 0.5) is 8.78 Å². The van der Waals surface area contributed by atoms with E-state index in [1.165, 1.54) is 0 Å². The molecule has 4 rings (SSSR count). The molecule has 0 bridgehead atoms. The van der Waals surface area contributed by atoms with Gasteiger partial charge in [0.15, 0.2) is 5.69 Å². The number of hydrogen-bond acceptors (Lipinski definition) is 3. The second-order valence-electron chi connectivity index (χ2n) is 6.99. The predicted molar refractivity (Wildman–Crippen MR) is 98.2 cm³/mol. The molecule has 2 aromatic heterocycles. The van der Waals surface area contributed by atoms with E-state index in [9.17, 15) is 13.6 Å². The Hall–Kier alpha value is -2.83. The average Bonchev–Trinajstić information content (AvgIpc) is 3.11. The van der Waals surface area contributed by atoms with E-state index in [0.717, 1.165) is 10.9 Å². The first-order valence-corrected chi connectivity index (χ1v) is 8.99. The van der Waals surface area contributed by atoms with Crippen LogP contribution in [0.2, 0.25) is 0 Å². The molecule has 2 heterocycles. The Bertz CT molecular complexity index is 975. The second-order valence-corrected chi connectivity index (χ2v) is 6.99. The third-order valence-electron chi connectivity index (χ3n) is 5.25. The van der Waals surface area contributed by atoms with Gasteiger partial charge in [0.25, 0.3) is 5.91 Å². The van der Waals surface area contributed by atoms with Crippen molar-refractivity contribution in [3.63, 3.8) is 0 Å². The SMILES string of the molecule is CN(C(=O)c1ncccc1-n1ncc2ccccc21)C1CCC(F)(F)CC1. The van der Waals surface area contributed by atoms with Gasteiger partial charge in [-0.05, 0) is 31.0 Å². The van der Waals surface area contributed by atoms with Gasteiger partial charge >= 0.3 is 0 Å². The van der Waals surface area contributed by atoms with E-state index in [1.54, 1.807) is 41.2 Å². The summed E-state index contributed by atoms with van der Waals surface area (Å²) in [5.41, 5.74) is 1.72. The highest BCUT2D eigenvalue weighted by molar-refractivity contribution is 5.96. The van der Waals surface area contributed by atoms with Gasteiger partial charge in [0.05, 0.1) is 17.4 Å². The van der Waals surface area contributed by atoms with Crippen LogP contribution in [0, 0.1) is 0 Å². The summed E-state index contributed by atoms with van der Waals surface area (Å²) in [6.45, 7) is 0. The minimum absolute atomic E-state index is 0.186. The van der Waals surface area contributed by atoms with E-state index in [2.05, 4.69) is 10.1 Å². The van der Waals surface area contributed by atoms with Gasteiger partial charge in [-0.25, -0.2) is 18.4 Å². The number of para-hydroxylation sites is 1. The van der Waals surface area contributed by atoms with E-state index in [4.69, 9.17) is 0 Å². The van der Waals surface area contributed by atoms with E-state index in [0.29, 0.717) is 18.5 Å². The molecule has 0 unspecified atom stereocenters. The number of fused-ring (bicyclic) bond motifs is 1. The van der Waals surface area contributed by atoms with Crippen LogP contribution in [0.3, 0.4) is 0 Å². The number of alkyl halides is 2. The summed E-state index contributed by atoms with van der Waals surface area (Å²) in [4.78, 5) is 18.9. The van der Waals surface area contributed by atoms with Crippen molar-refractivity contribution in [3.8, 4) is 5.69 Å². The van der Waals surface area contributed by atoms with Crippen molar-refractivity contribution in [2.75, 3.05) is 7.05 Å². The quantitative estimate of drug-likeness (QED) is 0.698. The number of hydrogen-bond donors (Lipinski definition) is 0. The number of benzene rings is 1. The zero-order chi connectivity index (χ0) is 19.0. The summed E-state index contributed by atoms with van der Waals surface area (Å²) in [7, 11) is 1.66. The molecule has 0 saturated heterocycles. The molecule has 1 aromatic carbocycles. The topological polar surface area (TPSA) is 51.0 Å². The fraction of sp³-hybridized carbons (Fsp3) is 0.350. The zero-order valence-corrected chi connectivity index (χ0v) is 15.0. The van der Waals surface area contributed by atoms with E-state index < -0.39 is 5.92 Å². The molecule has 1 aliphatic rings. The minimum Gasteiger partial charge on any atom is -0.337 e. The Balaban J connectivity index is 1.66. The summed E-state index contributed by atoms with van der Waals surface area (Å²) < 4.78 is 28.6. The first-order valence-electron chi connectivity index (χ1n) is 8.99. The molecule has 0 N–H and O–H groups in total. The van der Waals surface area contributed by atoms with E-state index >= 15 is 0 Å². The summed E-state index contributed by atoms with van der Waals surface area (Å²) in [6, 6.07) is 11.1. The molecule has 0 atom stereocenters. The molecule has 5 nitrogen and oxygen atoms in total. The van der Waals surface area contributed by atoms with Crippen molar-refractivity contribution in [2.24, 2.45) is 0 Å². The van der Waals surface area contributed by atoms with Gasteiger partial charge in [-0.1, -0.05) is 18.2 Å². The van der Waals surface area contributed by atoms with Crippen molar-refractivity contribution in [2.45, 2.75) is 37.6 Å². The molecule has 140 valence electrons. The molecule has 27 heavy (non-hydrogen) atoms. The summed E-state index contributed by atoms with van der Waals surface area (Å²) in [5, 5.41) is 5.37. The van der Waals surface area contributed by atoms with Crippen molar-refractivity contribution < 1.29 is 13.6 Å². The van der Waals surface area contributed by atoms with Crippen molar-refractivity contribution in [3.05, 3.63) is 54.5 Å². The number of nitrogens with zero attached hydrogens (tertiary/aromatic N) is 4. The number of amides is 1. The van der Waals surface area contributed by atoms with E-state index in [1.807, 2.05) is 24.3 Å². The Morgan fingerprint density at radius 3 is 2.70 bits per heavy atom. The summed E-state index contributed by atoms with van der Waals surface area (Å²) in [6.07, 6.45) is 3.52. The molecule has 0 spiro atoms. The minimum atomic E-state index is -2.62. The molecule has 0 aliphatic heterocycles. The molecular weight excluding hydrogens is 350 g/mol. The van der Waals surface area contributed by atoms with Crippen molar-refractivity contribution >= 4 is 16.8 Å². The maximum absolute atomic E-state index is 13.4. The smallest absolute Gasteiger partial charge is 0.274 e. The van der Waals surface area contributed by atoms with Gasteiger partial charge in [-0.2, -0.15) is 5.10 Å². The fourth-order valence-electron chi connectivity index (χ4n) is 3.64. The van der Waals surface area contributed by atoms with Gasteiger partial charge in [0.1, 0.15) is 0 Å². The lowest BCUT2D eigenvalue weighted by Gasteiger charge is -2.34. The largest absolute Gasteiger partial charge is 0.337 e. The molecule has 1 fully saturated rings. The zero-order valence-electron chi connectivity index (χ0n) is 15.0. The van der Waals surface area contributed by atoms with Gasteiger partial charge in [-0.15, -0.1) is 0 Å². The number of aromatic nitrogens is 3. The average molecular weight is 370 g/mol. The standard InChI is InChI=1S/C20H20F2N4O/c1-25(15-8-10-20(21,22)11-9-15)19(27)18-17(7-4-12-23-18)26-16-6-3-2-5-14(16)13-24-26/h2-7,12-13,15H,8-11H2,1H3. The van der Waals surface area contributed by atoms with Crippen molar-refractivity contribution in [1.29, 1.82) is 0 Å². The van der Waals surface area contributed by atoms with Crippen LogP contribution >= 0.6 is 0 Å². The first kappa shape index (κ1) is 17.6. The Kier molecular flexibility index (Phi) is 4.37. The highest BCUT2D eigenvalue weighted by Crippen LogP contribution is 2.35. The molecule has 1 aliphatic carbocycles. The van der Waals surface area contributed by atoms with Gasteiger partial charge in [-0.3, -0.25) is 4.79 Å². The molecular formula is C20H20F2N4O. The number of pyridine rings is 1. The third kappa shape index (κ3) is 3.29. The second kappa shape index (κ2) is 6.72. The number of rotatable bonds is 3. The summed E-state index contributed by atoms with van der Waals surface area (Å²) >= 11 is 0. The van der Waals surface area contributed by atoms with E-state index in [-0.39, 0.29) is 30.5 Å². The number of carbonyl (C=O) groups is 1. The highest BCUT2D eigenvalue weighted by Gasteiger charge is 2.37. The fourth-order valence-corrected chi connectivity index (χ4v) is 3.64. The van der Waals surface area contributed by atoms with Crippen LogP contribution in [0.15, 0.2) is 48.8 Å². The van der Waals surface area contributed by atoms with Gasteiger partial charge < -0.3 is 4.90 Å². The maximum atomic E-state index is 13.4. The number of carbonyl (C=O) groups excluding carboxylic acids is 1. The lowest BCUT2D eigenvalue weighted by atomic mass is 9.91. The monoisotopic (exact) mass is 370 g/mol. The molecule has 3 aromatic rings. The predicted octanol–water partition coefficient (Wildman–Crippen LogP) is 4.07. The lowest BCUT2D eigenvalue weighted by molar-refractivity contribution is -0.0491. The maximum Gasteiger partial charge on any atom is 0.274 e. The van der Waals surface area contributed by atoms with Crippen LogP contribution in [0.1, 0.15) is 36.2 Å². The first-order chi connectivity index (χ1) is 13.0. The van der Waals surface area contributed by atoms with Gasteiger partial charge in [0.2, 0.25) is 5.92 Å². The normalized spacial score (nSPS) is 17.1. The highest BCUT2D eigenvalue weighted by atomic mass is 19.3. The molecule has 0 radical (unpaired) electrons. The van der Waals surface area contributed by atoms with Crippen LogP contribution < -0.4 is 0 Å². The van der Waals surface area contributed by atoms with Crippen LogP contribution in [0.25, 0.3) is 16.6 Å². The Morgan fingerprint density at radius 2 is 1.93 bits per heavy atom. The van der Waals surface area contributed by atoms with Crippen LogP contribution in [-0.2, 0) is 0 Å². The number of halogens is 2. The molecule has 1 amide bonds. The third-order valence-corrected chi connectivity index (χ3v) is 5.25. The van der Waals surface area contributed by atoms with Crippen molar-refractivity contribution in [1.82, 2.24) is 19.7 Å². The molecule has 1 saturated carbocycles. The molecule has 7 heteroatoms.